The van der Waals surface area contributed by atoms with Gasteiger partial charge in [-0.25, -0.2) is 0 Å². The van der Waals surface area contributed by atoms with Crippen LogP contribution < -0.4 is 0 Å². The van der Waals surface area contributed by atoms with E-state index < -0.39 is 0 Å². The zero-order valence-corrected chi connectivity index (χ0v) is 21.8. The topological polar surface area (TPSA) is 0 Å². The van der Waals surface area contributed by atoms with Crippen LogP contribution >= 0.6 is 12.6 Å². The molecule has 0 aromatic heterocycles. The highest BCUT2D eigenvalue weighted by Gasteiger charge is 2.09. The van der Waals surface area contributed by atoms with Crippen LogP contribution in [0.1, 0.15) is 175 Å². The predicted molar refractivity (Wildman–Crippen MR) is 140 cm³/mol. The molecule has 0 N–H and O–H groups in total. The highest BCUT2D eigenvalue weighted by molar-refractivity contribution is 7.81. The molecule has 0 aliphatic rings. The van der Waals surface area contributed by atoms with E-state index in [2.05, 4.69) is 33.4 Å². The Morgan fingerprint density at radius 2 is 0.586 bits per heavy atom. The Morgan fingerprint density at radius 1 is 0.379 bits per heavy atom. The van der Waals surface area contributed by atoms with Gasteiger partial charge >= 0.3 is 0 Å². The van der Waals surface area contributed by atoms with E-state index in [-0.39, 0.29) is 4.75 Å². The Hall–Kier alpha value is 0.350. The number of rotatable bonds is 24. The lowest BCUT2D eigenvalue weighted by Gasteiger charge is -2.16. The Morgan fingerprint density at radius 3 is 0.793 bits per heavy atom. The molecule has 29 heavy (non-hydrogen) atoms. The van der Waals surface area contributed by atoms with E-state index in [1.165, 1.54) is 154 Å². The molecule has 0 aliphatic heterocycles. The average Bonchev–Trinajstić information content (AvgIpc) is 2.67. The monoisotopic (exact) mass is 426 g/mol. The lowest BCUT2D eigenvalue weighted by Crippen LogP contribution is -2.09. The van der Waals surface area contributed by atoms with Gasteiger partial charge in [0.2, 0.25) is 0 Å². The SMILES string of the molecule is CCCCCCCCCCCCCCCCCCCCCCCCCC(C)(C)S. The molecule has 0 heterocycles. The highest BCUT2D eigenvalue weighted by Crippen LogP contribution is 2.21. The molecule has 0 saturated heterocycles. The molecule has 0 radical (unpaired) electrons. The van der Waals surface area contributed by atoms with Crippen LogP contribution in [0.5, 0.6) is 0 Å². The number of hydrogen-bond acceptors (Lipinski definition) is 1. The van der Waals surface area contributed by atoms with Crippen LogP contribution in [0.3, 0.4) is 0 Å². The van der Waals surface area contributed by atoms with Crippen LogP contribution in [0.4, 0.5) is 0 Å². The van der Waals surface area contributed by atoms with E-state index in [4.69, 9.17) is 0 Å². The maximum absolute atomic E-state index is 4.60. The Balaban J connectivity index is 3.02. The largest absolute Gasteiger partial charge is 0.173 e. The van der Waals surface area contributed by atoms with Crippen LogP contribution in [0.2, 0.25) is 0 Å². The molecule has 0 aromatic rings. The molecule has 0 spiro atoms. The van der Waals surface area contributed by atoms with Crippen molar-refractivity contribution in [3.63, 3.8) is 0 Å². The van der Waals surface area contributed by atoms with E-state index in [9.17, 15) is 0 Å². The fourth-order valence-corrected chi connectivity index (χ4v) is 4.50. The van der Waals surface area contributed by atoms with Crippen molar-refractivity contribution >= 4 is 12.6 Å². The molecular formula is C28H58S. The van der Waals surface area contributed by atoms with E-state index >= 15 is 0 Å². The average molecular weight is 427 g/mol. The van der Waals surface area contributed by atoms with Crippen molar-refractivity contribution in [2.75, 3.05) is 0 Å². The van der Waals surface area contributed by atoms with Crippen molar-refractivity contribution in [2.45, 2.75) is 180 Å². The molecule has 0 aliphatic carbocycles. The van der Waals surface area contributed by atoms with Gasteiger partial charge in [0.05, 0.1) is 0 Å². The van der Waals surface area contributed by atoms with Gasteiger partial charge in [0.15, 0.2) is 0 Å². The molecule has 0 saturated carbocycles. The fraction of sp³-hybridized carbons (Fsp3) is 1.00. The summed E-state index contributed by atoms with van der Waals surface area (Å²) in [6, 6.07) is 0. The summed E-state index contributed by atoms with van der Waals surface area (Å²) < 4.78 is 0.229. The zero-order valence-electron chi connectivity index (χ0n) is 20.9. The number of unbranched alkanes of at least 4 members (excludes halogenated alkanes) is 22. The van der Waals surface area contributed by atoms with Gasteiger partial charge < -0.3 is 0 Å². The fourth-order valence-electron chi connectivity index (χ4n) is 4.34. The normalized spacial score (nSPS) is 12.0. The third-order valence-electron chi connectivity index (χ3n) is 6.39. The van der Waals surface area contributed by atoms with Crippen molar-refractivity contribution < 1.29 is 0 Å². The summed E-state index contributed by atoms with van der Waals surface area (Å²) in [4.78, 5) is 0. The van der Waals surface area contributed by atoms with Crippen molar-refractivity contribution in [3.8, 4) is 0 Å². The molecule has 0 fully saturated rings. The van der Waals surface area contributed by atoms with E-state index in [1.54, 1.807) is 0 Å². The molecule has 0 bridgehead atoms. The lowest BCUT2D eigenvalue weighted by molar-refractivity contribution is 0.512. The van der Waals surface area contributed by atoms with Gasteiger partial charge in [-0.15, -0.1) is 0 Å². The van der Waals surface area contributed by atoms with Crippen molar-refractivity contribution in [2.24, 2.45) is 0 Å². The zero-order chi connectivity index (χ0) is 21.5. The molecular weight excluding hydrogens is 368 g/mol. The van der Waals surface area contributed by atoms with Crippen LogP contribution in [0.15, 0.2) is 0 Å². The van der Waals surface area contributed by atoms with E-state index in [0.29, 0.717) is 0 Å². The van der Waals surface area contributed by atoms with Crippen molar-refractivity contribution in [3.05, 3.63) is 0 Å². The molecule has 1 heteroatoms. The van der Waals surface area contributed by atoms with Gasteiger partial charge in [-0.1, -0.05) is 168 Å². The van der Waals surface area contributed by atoms with Crippen LogP contribution in [-0.4, -0.2) is 4.75 Å². The highest BCUT2D eigenvalue weighted by atomic mass is 32.1. The first-order chi connectivity index (χ1) is 14.1. The van der Waals surface area contributed by atoms with Crippen molar-refractivity contribution in [1.82, 2.24) is 0 Å². The molecule has 0 unspecified atom stereocenters. The van der Waals surface area contributed by atoms with Crippen LogP contribution in [-0.2, 0) is 0 Å². The predicted octanol–water partition coefficient (Wildman–Crippen LogP) is 11.1. The van der Waals surface area contributed by atoms with Crippen LogP contribution in [0.25, 0.3) is 0 Å². The third-order valence-corrected chi connectivity index (χ3v) is 6.62. The Bertz CT molecular complexity index is 291. The quantitative estimate of drug-likeness (QED) is 0.115. The van der Waals surface area contributed by atoms with Gasteiger partial charge in [-0.3, -0.25) is 0 Å². The minimum absolute atomic E-state index is 0.229. The lowest BCUT2D eigenvalue weighted by atomic mass is 10.0. The number of thiol groups is 1. The minimum Gasteiger partial charge on any atom is -0.173 e. The van der Waals surface area contributed by atoms with Crippen molar-refractivity contribution in [1.29, 1.82) is 0 Å². The summed E-state index contributed by atoms with van der Waals surface area (Å²) in [5.74, 6) is 0. The molecule has 176 valence electrons. The minimum atomic E-state index is 0.229. The Labute approximate surface area is 192 Å². The second-order valence-corrected chi connectivity index (χ2v) is 11.6. The maximum atomic E-state index is 4.60. The van der Waals surface area contributed by atoms with Gasteiger partial charge in [0, 0.05) is 4.75 Å². The summed E-state index contributed by atoms with van der Waals surface area (Å²) in [6.07, 6.45) is 34.9. The van der Waals surface area contributed by atoms with Gasteiger partial charge in [-0.05, 0) is 6.42 Å². The van der Waals surface area contributed by atoms with Crippen LogP contribution in [0, 0.1) is 0 Å². The summed E-state index contributed by atoms with van der Waals surface area (Å²) >= 11 is 4.60. The summed E-state index contributed by atoms with van der Waals surface area (Å²) in [5.41, 5.74) is 0. The van der Waals surface area contributed by atoms with Gasteiger partial charge in [0.1, 0.15) is 0 Å². The first kappa shape index (κ1) is 29.4. The number of hydrogen-bond donors (Lipinski definition) is 1. The molecule has 0 nitrogen and oxygen atoms in total. The summed E-state index contributed by atoms with van der Waals surface area (Å²) in [6.45, 7) is 6.76. The molecule has 0 atom stereocenters. The molecule has 0 amide bonds. The second-order valence-electron chi connectivity index (χ2n) is 10.3. The maximum Gasteiger partial charge on any atom is 0.00731 e. The molecule has 0 rings (SSSR count). The van der Waals surface area contributed by atoms with Gasteiger partial charge in [-0.2, -0.15) is 12.6 Å². The second kappa shape index (κ2) is 23.0. The van der Waals surface area contributed by atoms with Gasteiger partial charge in [0.25, 0.3) is 0 Å². The summed E-state index contributed by atoms with van der Waals surface area (Å²) in [7, 11) is 0. The smallest absolute Gasteiger partial charge is 0.00731 e. The Kier molecular flexibility index (Phi) is 23.3. The summed E-state index contributed by atoms with van der Waals surface area (Å²) in [5, 5.41) is 0. The molecule has 0 aromatic carbocycles. The van der Waals surface area contributed by atoms with E-state index in [1.807, 2.05) is 0 Å². The third kappa shape index (κ3) is 28.4. The first-order valence-electron chi connectivity index (χ1n) is 13.8. The standard InChI is InChI=1S/C28H58S/c1-4-5-6-7-8-9-10-11-12-13-14-15-16-17-18-19-20-21-22-23-24-25-26-27-28(2,3)29/h29H,4-27H2,1-3H3. The van der Waals surface area contributed by atoms with E-state index in [0.717, 1.165) is 0 Å². The first-order valence-corrected chi connectivity index (χ1v) is 14.2.